The van der Waals surface area contributed by atoms with Gasteiger partial charge in [-0.15, -0.1) is 0 Å². The molecule has 1 amide bonds. The Bertz CT molecular complexity index is 439. The number of aliphatic hydroxyl groups excluding tert-OH is 1. The average Bonchev–Trinajstić information content (AvgIpc) is 2.39. The first-order valence-electron chi connectivity index (χ1n) is 5.85. The van der Waals surface area contributed by atoms with Crippen LogP contribution in [0.1, 0.15) is 12.0 Å². The molecule has 0 fully saturated rings. The number of carbonyl (C=O) groups excluding carboxylic acids is 1. The van der Waals surface area contributed by atoms with Gasteiger partial charge in [-0.2, -0.15) is 0 Å². The van der Waals surface area contributed by atoms with Gasteiger partial charge in [0.25, 0.3) is 0 Å². The Morgan fingerprint density at radius 2 is 2.33 bits per heavy atom. The molecule has 98 valence electrons. The molecule has 0 bridgehead atoms. The lowest BCUT2D eigenvalue weighted by Gasteiger charge is -2.27. The van der Waals surface area contributed by atoms with E-state index in [-0.39, 0.29) is 12.5 Å². The zero-order chi connectivity index (χ0) is 13.0. The van der Waals surface area contributed by atoms with Gasteiger partial charge in [-0.25, -0.2) is 4.98 Å². The van der Waals surface area contributed by atoms with Crippen molar-refractivity contribution in [3.05, 3.63) is 17.8 Å². The van der Waals surface area contributed by atoms with Crippen LogP contribution in [0.25, 0.3) is 0 Å². The average molecular weight is 315 g/mol. The van der Waals surface area contributed by atoms with E-state index >= 15 is 0 Å². The van der Waals surface area contributed by atoms with Crippen LogP contribution in [0.4, 0.5) is 5.82 Å². The number of amides is 1. The quantitative estimate of drug-likeness (QED) is 0.828. The predicted molar refractivity (Wildman–Crippen MR) is 71.3 cm³/mol. The van der Waals surface area contributed by atoms with Crippen LogP contribution < -0.4 is 9.64 Å². The van der Waals surface area contributed by atoms with Crippen molar-refractivity contribution < 1.29 is 14.6 Å². The van der Waals surface area contributed by atoms with E-state index in [1.54, 1.807) is 6.20 Å². The van der Waals surface area contributed by atoms with Crippen molar-refractivity contribution in [3.8, 4) is 5.75 Å². The molecule has 0 atom stereocenters. The van der Waals surface area contributed by atoms with Gasteiger partial charge in [0, 0.05) is 11.8 Å². The van der Waals surface area contributed by atoms with Crippen LogP contribution in [-0.2, 0) is 11.2 Å². The molecular weight excluding hydrogens is 300 g/mol. The monoisotopic (exact) mass is 314 g/mol. The Hall–Kier alpha value is -1.14. The van der Waals surface area contributed by atoms with Crippen molar-refractivity contribution >= 4 is 27.7 Å². The van der Waals surface area contributed by atoms with E-state index in [9.17, 15) is 4.79 Å². The second-order valence-electron chi connectivity index (χ2n) is 3.96. The van der Waals surface area contributed by atoms with Crippen molar-refractivity contribution in [2.45, 2.75) is 12.8 Å². The van der Waals surface area contributed by atoms with Crippen LogP contribution in [0.3, 0.4) is 0 Å². The summed E-state index contributed by atoms with van der Waals surface area (Å²) >= 11 is 3.29. The molecule has 0 spiro atoms. The number of rotatable bonds is 5. The van der Waals surface area contributed by atoms with Gasteiger partial charge >= 0.3 is 0 Å². The molecule has 0 saturated carbocycles. The fourth-order valence-corrected chi connectivity index (χ4v) is 2.13. The van der Waals surface area contributed by atoms with Crippen LogP contribution in [0, 0.1) is 0 Å². The van der Waals surface area contributed by atoms with Gasteiger partial charge < -0.3 is 9.84 Å². The molecule has 0 radical (unpaired) electrons. The number of alkyl halides is 1. The largest absolute Gasteiger partial charge is 0.491 e. The Morgan fingerprint density at radius 1 is 1.50 bits per heavy atom. The highest BCUT2D eigenvalue weighted by molar-refractivity contribution is 9.09. The van der Waals surface area contributed by atoms with Crippen molar-refractivity contribution in [2.24, 2.45) is 0 Å². The van der Waals surface area contributed by atoms with E-state index in [0.717, 1.165) is 10.9 Å². The lowest BCUT2D eigenvalue weighted by Crippen LogP contribution is -2.37. The number of pyridine rings is 1. The normalized spacial score (nSPS) is 14.6. The Morgan fingerprint density at radius 3 is 3.06 bits per heavy atom. The molecule has 5 nitrogen and oxygen atoms in total. The molecule has 0 aliphatic carbocycles. The van der Waals surface area contributed by atoms with E-state index in [2.05, 4.69) is 20.9 Å². The maximum absolute atomic E-state index is 11.7. The highest BCUT2D eigenvalue weighted by Gasteiger charge is 2.25. The zero-order valence-corrected chi connectivity index (χ0v) is 11.5. The third kappa shape index (κ3) is 2.81. The maximum Gasteiger partial charge on any atom is 0.228 e. The first kappa shape index (κ1) is 13.3. The van der Waals surface area contributed by atoms with Crippen LogP contribution in [-0.4, -0.2) is 41.1 Å². The summed E-state index contributed by atoms with van der Waals surface area (Å²) in [5, 5.41) is 9.74. The van der Waals surface area contributed by atoms with Gasteiger partial charge in [0.15, 0.2) is 0 Å². The number of aromatic nitrogens is 1. The van der Waals surface area contributed by atoms with E-state index in [1.165, 1.54) is 4.90 Å². The smallest absolute Gasteiger partial charge is 0.228 e. The van der Waals surface area contributed by atoms with Crippen LogP contribution in [0.2, 0.25) is 0 Å². The molecule has 0 aromatic carbocycles. The Kier molecular flexibility index (Phi) is 4.54. The SMILES string of the molecule is O=C1CCc2cc(OCCBr)cnc2N1CCO. The topological polar surface area (TPSA) is 62.7 Å². The van der Waals surface area contributed by atoms with E-state index in [0.29, 0.717) is 37.6 Å². The summed E-state index contributed by atoms with van der Waals surface area (Å²) in [5.74, 6) is 1.37. The number of β-amino-alcohol motifs (C(OH)–C–C–N with tert-alkyl or cyclic N) is 1. The van der Waals surface area contributed by atoms with E-state index in [1.807, 2.05) is 6.07 Å². The second-order valence-corrected chi connectivity index (χ2v) is 4.75. The Balaban J connectivity index is 2.22. The summed E-state index contributed by atoms with van der Waals surface area (Å²) < 4.78 is 5.48. The molecule has 2 rings (SSSR count). The number of ether oxygens (including phenoxy) is 1. The van der Waals surface area contributed by atoms with Gasteiger partial charge in [-0.05, 0) is 18.1 Å². The minimum atomic E-state index is -0.0608. The second kappa shape index (κ2) is 6.15. The van der Waals surface area contributed by atoms with E-state index in [4.69, 9.17) is 9.84 Å². The number of halogens is 1. The minimum Gasteiger partial charge on any atom is -0.491 e. The third-order valence-corrected chi connectivity index (χ3v) is 3.08. The first-order valence-corrected chi connectivity index (χ1v) is 6.97. The summed E-state index contributed by atoms with van der Waals surface area (Å²) in [6.07, 6.45) is 2.75. The molecule has 18 heavy (non-hydrogen) atoms. The number of aliphatic hydroxyl groups is 1. The molecule has 1 aromatic rings. The molecule has 0 saturated heterocycles. The number of aryl methyl sites for hydroxylation is 1. The van der Waals surface area contributed by atoms with Crippen LogP contribution >= 0.6 is 15.9 Å². The van der Waals surface area contributed by atoms with Crippen LogP contribution in [0.15, 0.2) is 12.3 Å². The van der Waals surface area contributed by atoms with Gasteiger partial charge in [0.2, 0.25) is 5.91 Å². The molecule has 1 N–H and O–H groups in total. The van der Waals surface area contributed by atoms with Crippen molar-refractivity contribution in [1.29, 1.82) is 0 Å². The summed E-state index contributed by atoms with van der Waals surface area (Å²) in [6.45, 7) is 0.814. The van der Waals surface area contributed by atoms with E-state index < -0.39 is 0 Å². The number of hydrogen-bond acceptors (Lipinski definition) is 4. The summed E-state index contributed by atoms with van der Waals surface area (Å²) in [5.41, 5.74) is 0.995. The van der Waals surface area contributed by atoms with Gasteiger partial charge in [-0.3, -0.25) is 9.69 Å². The summed E-state index contributed by atoms with van der Waals surface area (Å²) in [4.78, 5) is 17.6. The summed E-state index contributed by atoms with van der Waals surface area (Å²) in [7, 11) is 0. The number of carbonyl (C=O) groups is 1. The van der Waals surface area contributed by atoms with Crippen molar-refractivity contribution in [1.82, 2.24) is 4.98 Å². The van der Waals surface area contributed by atoms with Crippen molar-refractivity contribution in [2.75, 3.05) is 30.0 Å². The third-order valence-electron chi connectivity index (χ3n) is 2.75. The predicted octanol–water partition coefficient (Wildman–Crippen LogP) is 1.13. The number of fused-ring (bicyclic) bond motifs is 1. The maximum atomic E-state index is 11.7. The number of hydrogen-bond donors (Lipinski definition) is 1. The lowest BCUT2D eigenvalue weighted by molar-refractivity contribution is -0.119. The zero-order valence-electron chi connectivity index (χ0n) is 9.93. The molecule has 2 heterocycles. The van der Waals surface area contributed by atoms with Crippen molar-refractivity contribution in [3.63, 3.8) is 0 Å². The van der Waals surface area contributed by atoms with Gasteiger partial charge in [0.1, 0.15) is 11.6 Å². The molecule has 6 heteroatoms. The highest BCUT2D eigenvalue weighted by Crippen LogP contribution is 2.28. The van der Waals surface area contributed by atoms with Crippen LogP contribution in [0.5, 0.6) is 5.75 Å². The molecule has 1 aliphatic rings. The summed E-state index contributed by atoms with van der Waals surface area (Å²) in [6, 6.07) is 1.92. The molecule has 0 unspecified atom stereocenters. The standard InChI is InChI=1S/C12H15BrN2O3/c13-3-6-18-10-7-9-1-2-11(17)15(4-5-16)12(9)14-8-10/h7-8,16H,1-6H2. The molecule has 1 aliphatic heterocycles. The Labute approximate surface area is 114 Å². The number of anilines is 1. The van der Waals surface area contributed by atoms with Gasteiger partial charge in [-0.1, -0.05) is 15.9 Å². The number of nitrogens with zero attached hydrogens (tertiary/aromatic N) is 2. The fraction of sp³-hybridized carbons (Fsp3) is 0.500. The molecule has 1 aromatic heterocycles. The minimum absolute atomic E-state index is 0.0122. The first-order chi connectivity index (χ1) is 8.76. The highest BCUT2D eigenvalue weighted by atomic mass is 79.9. The fourth-order valence-electron chi connectivity index (χ4n) is 1.97. The van der Waals surface area contributed by atoms with Gasteiger partial charge in [0.05, 0.1) is 26.0 Å². The molecular formula is C12H15BrN2O3. The lowest BCUT2D eigenvalue weighted by atomic mass is 10.1.